The lowest BCUT2D eigenvalue weighted by Crippen LogP contribution is -2.31. The van der Waals surface area contributed by atoms with Crippen LogP contribution in [-0.2, 0) is 24.3 Å². The van der Waals surface area contributed by atoms with Gasteiger partial charge in [0.05, 0.1) is 6.04 Å². The first-order chi connectivity index (χ1) is 13.1. The maximum Gasteiger partial charge on any atom is 0.217 e. The van der Waals surface area contributed by atoms with Crippen molar-refractivity contribution in [3.8, 4) is 11.5 Å². The highest BCUT2D eigenvalue weighted by Gasteiger charge is 2.24. The molecule has 0 bridgehead atoms. The number of hydrogen-bond donors (Lipinski definition) is 1. The van der Waals surface area contributed by atoms with E-state index in [9.17, 15) is 4.79 Å². The molecule has 4 rings (SSSR count). The SMILES string of the molecule is CC(=O)NC(C)c1ccc(CN2CCc3c(ccc4c3OCCO4)C2)cc1. The molecule has 1 N–H and O–H groups in total. The van der Waals surface area contributed by atoms with Crippen LogP contribution >= 0.6 is 0 Å². The van der Waals surface area contributed by atoms with Crippen LogP contribution in [0.1, 0.15) is 42.1 Å². The molecular formula is C22H26N2O3. The Labute approximate surface area is 160 Å². The Bertz CT molecular complexity index is 832. The van der Waals surface area contributed by atoms with Crippen LogP contribution in [0.25, 0.3) is 0 Å². The number of nitrogens with zero attached hydrogens (tertiary/aromatic N) is 1. The van der Waals surface area contributed by atoms with Gasteiger partial charge in [-0.15, -0.1) is 0 Å². The molecule has 1 unspecified atom stereocenters. The molecule has 2 aromatic carbocycles. The number of benzene rings is 2. The Kier molecular flexibility index (Phi) is 5.03. The van der Waals surface area contributed by atoms with E-state index in [0.29, 0.717) is 13.2 Å². The van der Waals surface area contributed by atoms with Gasteiger partial charge in [-0.1, -0.05) is 30.3 Å². The molecule has 0 saturated heterocycles. The molecule has 5 heteroatoms. The van der Waals surface area contributed by atoms with Gasteiger partial charge in [0.1, 0.15) is 13.2 Å². The van der Waals surface area contributed by atoms with Crippen LogP contribution in [-0.4, -0.2) is 30.6 Å². The van der Waals surface area contributed by atoms with Crippen molar-refractivity contribution >= 4 is 5.91 Å². The van der Waals surface area contributed by atoms with Crippen LogP contribution in [0.3, 0.4) is 0 Å². The molecular weight excluding hydrogens is 340 g/mol. The predicted molar refractivity (Wildman–Crippen MR) is 104 cm³/mol. The molecule has 2 aliphatic heterocycles. The van der Waals surface area contributed by atoms with Crippen LogP contribution in [0.15, 0.2) is 36.4 Å². The fourth-order valence-corrected chi connectivity index (χ4v) is 3.92. The molecule has 1 amide bonds. The molecule has 2 heterocycles. The number of carbonyl (C=O) groups is 1. The normalized spacial score (nSPS) is 17.1. The third-order valence-corrected chi connectivity index (χ3v) is 5.29. The Morgan fingerprint density at radius 3 is 2.70 bits per heavy atom. The molecule has 1 atom stereocenters. The van der Waals surface area contributed by atoms with E-state index in [1.807, 2.05) is 13.0 Å². The van der Waals surface area contributed by atoms with Gasteiger partial charge in [-0.3, -0.25) is 9.69 Å². The fraction of sp³-hybridized carbons (Fsp3) is 0.409. The highest BCUT2D eigenvalue weighted by molar-refractivity contribution is 5.73. The van der Waals surface area contributed by atoms with Crippen molar-refractivity contribution in [3.63, 3.8) is 0 Å². The van der Waals surface area contributed by atoms with Gasteiger partial charge in [-0.25, -0.2) is 0 Å². The van der Waals surface area contributed by atoms with Crippen molar-refractivity contribution in [3.05, 3.63) is 58.7 Å². The summed E-state index contributed by atoms with van der Waals surface area (Å²) in [5.74, 6) is 1.84. The average molecular weight is 366 g/mol. The second-order valence-corrected chi connectivity index (χ2v) is 7.35. The number of rotatable bonds is 4. The van der Waals surface area contributed by atoms with Gasteiger partial charge in [0.25, 0.3) is 0 Å². The van der Waals surface area contributed by atoms with Gasteiger partial charge >= 0.3 is 0 Å². The third-order valence-electron chi connectivity index (χ3n) is 5.29. The van der Waals surface area contributed by atoms with E-state index < -0.39 is 0 Å². The van der Waals surface area contributed by atoms with Gasteiger partial charge in [0.15, 0.2) is 11.5 Å². The molecule has 0 spiro atoms. The van der Waals surface area contributed by atoms with Crippen molar-refractivity contribution in [2.24, 2.45) is 0 Å². The number of fused-ring (bicyclic) bond motifs is 3. The maximum absolute atomic E-state index is 11.2. The molecule has 0 saturated carbocycles. The summed E-state index contributed by atoms with van der Waals surface area (Å²) in [4.78, 5) is 13.7. The second-order valence-electron chi connectivity index (χ2n) is 7.35. The third kappa shape index (κ3) is 3.93. The minimum absolute atomic E-state index is 0.00451. The Morgan fingerprint density at radius 1 is 1.15 bits per heavy atom. The molecule has 0 radical (unpaired) electrons. The van der Waals surface area contributed by atoms with E-state index in [1.54, 1.807) is 6.92 Å². The first-order valence-electron chi connectivity index (χ1n) is 9.59. The van der Waals surface area contributed by atoms with Crippen molar-refractivity contribution in [1.29, 1.82) is 0 Å². The fourth-order valence-electron chi connectivity index (χ4n) is 3.92. The van der Waals surface area contributed by atoms with E-state index in [0.717, 1.165) is 43.1 Å². The summed E-state index contributed by atoms with van der Waals surface area (Å²) in [6.07, 6.45) is 0.986. The summed E-state index contributed by atoms with van der Waals surface area (Å²) in [6, 6.07) is 12.8. The van der Waals surface area contributed by atoms with Gasteiger partial charge in [-0.05, 0) is 36.1 Å². The van der Waals surface area contributed by atoms with Crippen LogP contribution in [0.2, 0.25) is 0 Å². The van der Waals surface area contributed by atoms with Gasteiger partial charge in [0.2, 0.25) is 5.91 Å². The first-order valence-corrected chi connectivity index (χ1v) is 9.59. The van der Waals surface area contributed by atoms with E-state index in [4.69, 9.17) is 9.47 Å². The van der Waals surface area contributed by atoms with E-state index in [-0.39, 0.29) is 11.9 Å². The Hall–Kier alpha value is -2.53. The van der Waals surface area contributed by atoms with E-state index in [2.05, 4.69) is 40.5 Å². The van der Waals surface area contributed by atoms with Crippen LogP contribution in [0.4, 0.5) is 0 Å². The topological polar surface area (TPSA) is 50.8 Å². The average Bonchev–Trinajstić information content (AvgIpc) is 2.67. The summed E-state index contributed by atoms with van der Waals surface area (Å²) >= 11 is 0. The highest BCUT2D eigenvalue weighted by atomic mass is 16.6. The summed E-state index contributed by atoms with van der Waals surface area (Å²) < 4.78 is 11.6. The van der Waals surface area contributed by atoms with Crippen LogP contribution < -0.4 is 14.8 Å². The van der Waals surface area contributed by atoms with Crippen molar-refractivity contribution < 1.29 is 14.3 Å². The summed E-state index contributed by atoms with van der Waals surface area (Å²) in [5, 5.41) is 2.92. The lowest BCUT2D eigenvalue weighted by atomic mass is 9.97. The lowest BCUT2D eigenvalue weighted by molar-refractivity contribution is -0.119. The summed E-state index contributed by atoms with van der Waals surface area (Å²) in [5.41, 5.74) is 5.06. The molecule has 2 aliphatic rings. The van der Waals surface area contributed by atoms with E-state index in [1.165, 1.54) is 16.7 Å². The summed E-state index contributed by atoms with van der Waals surface area (Å²) in [7, 11) is 0. The molecule has 0 fully saturated rings. The van der Waals surface area contributed by atoms with Crippen LogP contribution in [0, 0.1) is 0 Å². The van der Waals surface area contributed by atoms with Crippen LogP contribution in [0.5, 0.6) is 11.5 Å². The number of amides is 1. The lowest BCUT2D eigenvalue weighted by Gasteiger charge is -2.31. The van der Waals surface area contributed by atoms with Crippen molar-refractivity contribution in [2.45, 2.75) is 39.4 Å². The van der Waals surface area contributed by atoms with E-state index >= 15 is 0 Å². The Morgan fingerprint density at radius 2 is 1.93 bits per heavy atom. The number of ether oxygens (including phenoxy) is 2. The zero-order valence-electron chi connectivity index (χ0n) is 16.0. The van der Waals surface area contributed by atoms with Crippen molar-refractivity contribution in [1.82, 2.24) is 10.2 Å². The number of hydrogen-bond acceptors (Lipinski definition) is 4. The monoisotopic (exact) mass is 366 g/mol. The van der Waals surface area contributed by atoms with Gasteiger partial charge in [-0.2, -0.15) is 0 Å². The second kappa shape index (κ2) is 7.61. The quantitative estimate of drug-likeness (QED) is 0.903. The number of nitrogens with one attached hydrogen (secondary N) is 1. The van der Waals surface area contributed by atoms with Gasteiger partial charge < -0.3 is 14.8 Å². The zero-order chi connectivity index (χ0) is 18.8. The minimum Gasteiger partial charge on any atom is -0.486 e. The molecule has 0 aromatic heterocycles. The van der Waals surface area contributed by atoms with Crippen molar-refractivity contribution in [2.75, 3.05) is 19.8 Å². The number of carbonyl (C=O) groups excluding carboxylic acids is 1. The largest absolute Gasteiger partial charge is 0.486 e. The smallest absolute Gasteiger partial charge is 0.217 e. The maximum atomic E-state index is 11.2. The van der Waals surface area contributed by atoms with Gasteiger partial charge in [0, 0.05) is 32.1 Å². The highest BCUT2D eigenvalue weighted by Crippen LogP contribution is 2.38. The predicted octanol–water partition coefficient (Wildman–Crippen LogP) is 3.21. The first kappa shape index (κ1) is 17.9. The molecule has 27 heavy (non-hydrogen) atoms. The molecule has 2 aromatic rings. The summed E-state index contributed by atoms with van der Waals surface area (Å²) in [6.45, 7) is 7.68. The molecule has 142 valence electrons. The molecule has 0 aliphatic carbocycles. The minimum atomic E-state index is -0.00451. The zero-order valence-corrected chi connectivity index (χ0v) is 16.0. The standard InChI is InChI=1S/C22H26N2O3/c1-15(23-16(2)25)18-5-3-17(4-6-18)13-24-10-9-20-19(14-24)7-8-21-22(20)27-12-11-26-21/h3-8,15H,9-14H2,1-2H3,(H,23,25). The Balaban J connectivity index is 1.42. The molecule has 5 nitrogen and oxygen atoms in total.